The lowest BCUT2D eigenvalue weighted by atomic mass is 9.91. The lowest BCUT2D eigenvalue weighted by molar-refractivity contribution is 0.0698. The number of carbonyl (C=O) groups is 1. The van der Waals surface area contributed by atoms with Crippen LogP contribution in [0.3, 0.4) is 0 Å². The fourth-order valence-electron chi connectivity index (χ4n) is 2.42. The van der Waals surface area contributed by atoms with Gasteiger partial charge in [0.1, 0.15) is 5.82 Å². The number of likely N-dealkylation sites (tertiary alicyclic amines) is 1. The van der Waals surface area contributed by atoms with E-state index in [2.05, 4.69) is 20.8 Å². The summed E-state index contributed by atoms with van der Waals surface area (Å²) in [5, 5.41) is 0. The van der Waals surface area contributed by atoms with Gasteiger partial charge in [-0.3, -0.25) is 9.69 Å². The molecule has 0 atom stereocenters. The largest absolute Gasteiger partial charge is 0.292 e. The Balaban J connectivity index is 2.32. The molecule has 0 amide bonds. The van der Waals surface area contributed by atoms with E-state index in [4.69, 9.17) is 0 Å². The maximum atomic E-state index is 13.8. The van der Waals surface area contributed by atoms with E-state index in [-0.39, 0.29) is 11.3 Å². The molecule has 1 fully saturated rings. The number of rotatable bonds is 3. The van der Waals surface area contributed by atoms with E-state index < -0.39 is 11.4 Å². The Morgan fingerprint density at radius 3 is 2.56 bits per heavy atom. The molecule has 4 heteroatoms. The zero-order valence-electron chi connectivity index (χ0n) is 10.7. The Morgan fingerprint density at radius 1 is 1.33 bits per heavy atom. The van der Waals surface area contributed by atoms with Gasteiger partial charge in [0.05, 0.1) is 11.1 Å². The third-order valence-electron chi connectivity index (χ3n) is 3.63. The van der Waals surface area contributed by atoms with Crippen molar-refractivity contribution in [2.45, 2.75) is 32.2 Å². The molecule has 1 saturated heterocycles. The summed E-state index contributed by atoms with van der Waals surface area (Å²) in [7, 11) is 0. The van der Waals surface area contributed by atoms with Gasteiger partial charge in [-0.2, -0.15) is 0 Å². The van der Waals surface area contributed by atoms with Crippen molar-refractivity contribution < 1.29 is 9.18 Å². The summed E-state index contributed by atoms with van der Waals surface area (Å²) in [6.45, 7) is 5.57. The third kappa shape index (κ3) is 2.50. The first-order valence-corrected chi connectivity index (χ1v) is 6.97. The van der Waals surface area contributed by atoms with E-state index in [1.54, 1.807) is 12.1 Å². The molecule has 0 unspecified atom stereocenters. The average Bonchev–Trinajstić information content (AvgIpc) is 2.85. The van der Waals surface area contributed by atoms with Gasteiger partial charge in [-0.1, -0.05) is 15.9 Å². The second-order valence-corrected chi connectivity index (χ2v) is 6.12. The van der Waals surface area contributed by atoms with Gasteiger partial charge < -0.3 is 0 Å². The van der Waals surface area contributed by atoms with Gasteiger partial charge in [-0.25, -0.2) is 4.39 Å². The number of nitrogens with zero attached hydrogens (tertiary/aromatic N) is 1. The van der Waals surface area contributed by atoms with Crippen LogP contribution in [0.5, 0.6) is 0 Å². The monoisotopic (exact) mass is 313 g/mol. The van der Waals surface area contributed by atoms with Crippen LogP contribution >= 0.6 is 15.9 Å². The highest BCUT2D eigenvalue weighted by Gasteiger charge is 2.37. The first kappa shape index (κ1) is 13.7. The van der Waals surface area contributed by atoms with Crippen LogP contribution in [-0.4, -0.2) is 29.3 Å². The molecule has 0 bridgehead atoms. The summed E-state index contributed by atoms with van der Waals surface area (Å²) in [4.78, 5) is 14.7. The molecule has 0 aromatic heterocycles. The zero-order chi connectivity index (χ0) is 13.3. The summed E-state index contributed by atoms with van der Waals surface area (Å²) >= 11 is 3.28. The van der Waals surface area contributed by atoms with Crippen molar-refractivity contribution in [1.29, 1.82) is 0 Å². The van der Waals surface area contributed by atoms with Crippen LogP contribution in [0, 0.1) is 5.82 Å². The molecule has 2 rings (SSSR count). The Labute approximate surface area is 115 Å². The fourth-order valence-corrected chi connectivity index (χ4v) is 2.78. The normalized spacial score (nSPS) is 17.1. The minimum atomic E-state index is -0.641. The van der Waals surface area contributed by atoms with Crippen molar-refractivity contribution >= 4 is 21.7 Å². The summed E-state index contributed by atoms with van der Waals surface area (Å²) in [6.07, 6.45) is 2.22. The molecule has 0 saturated carbocycles. The van der Waals surface area contributed by atoms with E-state index in [1.165, 1.54) is 6.07 Å². The molecule has 98 valence electrons. The Morgan fingerprint density at radius 2 is 1.94 bits per heavy atom. The lowest BCUT2D eigenvalue weighted by Gasteiger charge is -2.34. The molecule has 1 aromatic rings. The highest BCUT2D eigenvalue weighted by molar-refractivity contribution is 9.10. The molecule has 1 heterocycles. The SMILES string of the molecule is CC(C)(C(=O)c1cc(Br)ccc1F)N1CCCC1. The minimum Gasteiger partial charge on any atom is -0.292 e. The summed E-state index contributed by atoms with van der Waals surface area (Å²) in [6, 6.07) is 4.50. The second kappa shape index (κ2) is 5.10. The number of halogens is 2. The topological polar surface area (TPSA) is 20.3 Å². The molecule has 1 aliphatic heterocycles. The number of benzene rings is 1. The smallest absolute Gasteiger partial charge is 0.185 e. The zero-order valence-corrected chi connectivity index (χ0v) is 12.3. The lowest BCUT2D eigenvalue weighted by Crippen LogP contribution is -2.48. The maximum Gasteiger partial charge on any atom is 0.185 e. The van der Waals surface area contributed by atoms with E-state index >= 15 is 0 Å². The maximum absolute atomic E-state index is 13.8. The van der Waals surface area contributed by atoms with E-state index in [9.17, 15) is 9.18 Å². The molecule has 1 aromatic carbocycles. The standard InChI is InChI=1S/C14H17BrFNO/c1-14(2,17-7-3-4-8-17)13(18)11-9-10(15)5-6-12(11)16/h5-6,9H,3-4,7-8H2,1-2H3. The number of carbonyl (C=O) groups excluding carboxylic acids is 1. The molecule has 0 aliphatic carbocycles. The van der Waals surface area contributed by atoms with Gasteiger partial charge in [0, 0.05) is 4.47 Å². The van der Waals surface area contributed by atoms with Gasteiger partial charge >= 0.3 is 0 Å². The predicted molar refractivity (Wildman–Crippen MR) is 73.3 cm³/mol. The van der Waals surface area contributed by atoms with Crippen LogP contribution in [-0.2, 0) is 0 Å². The number of hydrogen-bond acceptors (Lipinski definition) is 2. The van der Waals surface area contributed by atoms with Crippen LogP contribution in [0.1, 0.15) is 37.0 Å². The van der Waals surface area contributed by atoms with Crippen molar-refractivity contribution in [2.24, 2.45) is 0 Å². The molecule has 1 aliphatic rings. The number of hydrogen-bond donors (Lipinski definition) is 0. The average molecular weight is 314 g/mol. The van der Waals surface area contributed by atoms with E-state index in [1.807, 2.05) is 13.8 Å². The number of ketones is 1. The minimum absolute atomic E-state index is 0.150. The van der Waals surface area contributed by atoms with E-state index in [0.717, 1.165) is 30.4 Å². The first-order chi connectivity index (χ1) is 8.43. The molecule has 18 heavy (non-hydrogen) atoms. The van der Waals surface area contributed by atoms with Crippen molar-refractivity contribution in [1.82, 2.24) is 4.90 Å². The van der Waals surface area contributed by atoms with Gasteiger partial charge in [0.2, 0.25) is 0 Å². The molecule has 0 radical (unpaired) electrons. The highest BCUT2D eigenvalue weighted by atomic mass is 79.9. The van der Waals surface area contributed by atoms with Gasteiger partial charge in [-0.15, -0.1) is 0 Å². The molecule has 0 spiro atoms. The Kier molecular flexibility index (Phi) is 3.87. The third-order valence-corrected chi connectivity index (χ3v) is 4.12. The van der Waals surface area contributed by atoms with Crippen LogP contribution < -0.4 is 0 Å². The molecular formula is C14H17BrFNO. The summed E-state index contributed by atoms with van der Waals surface area (Å²) in [5.41, 5.74) is -0.473. The Hall–Kier alpha value is -0.740. The van der Waals surface area contributed by atoms with Crippen molar-refractivity contribution in [3.8, 4) is 0 Å². The van der Waals surface area contributed by atoms with Gasteiger partial charge in [-0.05, 0) is 58.0 Å². The predicted octanol–water partition coefficient (Wildman–Crippen LogP) is 3.65. The van der Waals surface area contributed by atoms with Crippen LogP contribution in [0.2, 0.25) is 0 Å². The molecule has 2 nitrogen and oxygen atoms in total. The summed E-state index contributed by atoms with van der Waals surface area (Å²) in [5.74, 6) is -0.598. The van der Waals surface area contributed by atoms with Crippen molar-refractivity contribution in [2.75, 3.05) is 13.1 Å². The first-order valence-electron chi connectivity index (χ1n) is 6.18. The number of Topliss-reactive ketones (excluding diaryl/α,β-unsaturated/α-hetero) is 1. The van der Waals surface area contributed by atoms with Gasteiger partial charge in [0.25, 0.3) is 0 Å². The van der Waals surface area contributed by atoms with Crippen molar-refractivity contribution in [3.05, 3.63) is 34.1 Å². The summed E-state index contributed by atoms with van der Waals surface area (Å²) < 4.78 is 14.5. The molecule has 0 N–H and O–H groups in total. The van der Waals surface area contributed by atoms with Crippen LogP contribution in [0.4, 0.5) is 4.39 Å². The van der Waals surface area contributed by atoms with Crippen LogP contribution in [0.15, 0.2) is 22.7 Å². The van der Waals surface area contributed by atoms with E-state index in [0.29, 0.717) is 0 Å². The fraction of sp³-hybridized carbons (Fsp3) is 0.500. The molecular weight excluding hydrogens is 297 g/mol. The van der Waals surface area contributed by atoms with Crippen LogP contribution in [0.25, 0.3) is 0 Å². The quantitative estimate of drug-likeness (QED) is 0.794. The Bertz CT molecular complexity index is 467. The van der Waals surface area contributed by atoms with Crippen molar-refractivity contribution in [3.63, 3.8) is 0 Å². The highest BCUT2D eigenvalue weighted by Crippen LogP contribution is 2.27. The second-order valence-electron chi connectivity index (χ2n) is 5.21. The van der Waals surface area contributed by atoms with Gasteiger partial charge in [0.15, 0.2) is 5.78 Å².